The molecule has 1 aromatic carbocycles. The SMILES string of the molecule is O=C1CCC(N2C(=O)c3cccc(NCCCCCCCCC4CCCCCC4)c3C2=O)C(=O)N1. The van der Waals surface area contributed by atoms with Gasteiger partial charge in [-0.1, -0.05) is 83.1 Å². The van der Waals surface area contributed by atoms with Crippen LogP contribution in [-0.2, 0) is 9.59 Å². The van der Waals surface area contributed by atoms with E-state index < -0.39 is 23.8 Å². The first-order valence-electron chi connectivity index (χ1n) is 13.6. The summed E-state index contributed by atoms with van der Waals surface area (Å²) in [6.07, 6.45) is 17.6. The van der Waals surface area contributed by atoms with Gasteiger partial charge < -0.3 is 5.32 Å². The van der Waals surface area contributed by atoms with E-state index in [0.717, 1.165) is 30.2 Å². The third-order valence-electron chi connectivity index (χ3n) is 7.80. The number of fused-ring (bicyclic) bond motifs is 1. The van der Waals surface area contributed by atoms with E-state index in [9.17, 15) is 19.2 Å². The van der Waals surface area contributed by atoms with Gasteiger partial charge in [0.1, 0.15) is 6.04 Å². The number of rotatable bonds is 11. The quantitative estimate of drug-likeness (QED) is 0.257. The van der Waals surface area contributed by atoms with Gasteiger partial charge in [0.25, 0.3) is 11.8 Å². The van der Waals surface area contributed by atoms with Crippen molar-refractivity contribution in [3.63, 3.8) is 0 Å². The average molecular weight is 482 g/mol. The summed E-state index contributed by atoms with van der Waals surface area (Å²) in [6.45, 7) is 0.735. The largest absolute Gasteiger partial charge is 0.384 e. The summed E-state index contributed by atoms with van der Waals surface area (Å²) in [5.74, 6) is -0.914. The molecule has 7 nitrogen and oxygen atoms in total. The number of unbranched alkanes of at least 4 members (excludes halogenated alkanes) is 5. The van der Waals surface area contributed by atoms with Gasteiger partial charge in [0, 0.05) is 18.7 Å². The molecular weight excluding hydrogens is 442 g/mol. The zero-order chi connectivity index (χ0) is 24.6. The number of nitrogens with one attached hydrogen (secondary N) is 2. The third kappa shape index (κ3) is 6.30. The summed E-state index contributed by atoms with van der Waals surface area (Å²) in [7, 11) is 0. The first-order valence-corrected chi connectivity index (χ1v) is 13.6. The van der Waals surface area contributed by atoms with Gasteiger partial charge in [0.2, 0.25) is 11.8 Å². The van der Waals surface area contributed by atoms with Crippen LogP contribution >= 0.6 is 0 Å². The van der Waals surface area contributed by atoms with Crippen LogP contribution in [0.15, 0.2) is 18.2 Å². The molecule has 0 spiro atoms. The molecule has 0 bridgehead atoms. The van der Waals surface area contributed by atoms with Crippen molar-refractivity contribution >= 4 is 29.3 Å². The highest BCUT2D eigenvalue weighted by Crippen LogP contribution is 2.32. The fourth-order valence-corrected chi connectivity index (χ4v) is 5.80. The predicted molar refractivity (Wildman–Crippen MR) is 135 cm³/mol. The number of carbonyl (C=O) groups excluding carboxylic acids is 4. The van der Waals surface area contributed by atoms with E-state index in [1.807, 2.05) is 6.07 Å². The summed E-state index contributed by atoms with van der Waals surface area (Å²) in [6, 6.07) is 4.26. The Balaban J connectivity index is 1.19. The van der Waals surface area contributed by atoms with Gasteiger partial charge in [0.05, 0.1) is 11.1 Å². The van der Waals surface area contributed by atoms with Gasteiger partial charge in [-0.15, -0.1) is 0 Å². The molecule has 2 N–H and O–H groups in total. The lowest BCUT2D eigenvalue weighted by Crippen LogP contribution is -2.54. The van der Waals surface area contributed by atoms with E-state index in [1.54, 1.807) is 12.1 Å². The predicted octanol–water partition coefficient (Wildman–Crippen LogP) is 5.20. The van der Waals surface area contributed by atoms with Crippen molar-refractivity contribution in [2.75, 3.05) is 11.9 Å². The van der Waals surface area contributed by atoms with Crippen molar-refractivity contribution in [3.8, 4) is 0 Å². The Morgan fingerprint density at radius 3 is 2.29 bits per heavy atom. The van der Waals surface area contributed by atoms with E-state index in [0.29, 0.717) is 16.8 Å². The minimum atomic E-state index is -0.935. The molecule has 2 heterocycles. The maximum Gasteiger partial charge on any atom is 0.264 e. The molecule has 1 aliphatic carbocycles. The topological polar surface area (TPSA) is 95.6 Å². The van der Waals surface area contributed by atoms with Crippen LogP contribution in [0.25, 0.3) is 0 Å². The maximum absolute atomic E-state index is 13.1. The Morgan fingerprint density at radius 2 is 1.54 bits per heavy atom. The van der Waals surface area contributed by atoms with E-state index in [1.165, 1.54) is 70.6 Å². The van der Waals surface area contributed by atoms with Gasteiger partial charge in [-0.25, -0.2) is 0 Å². The van der Waals surface area contributed by atoms with Crippen LogP contribution in [-0.4, -0.2) is 41.1 Å². The summed E-state index contributed by atoms with van der Waals surface area (Å²) < 4.78 is 0. The molecule has 190 valence electrons. The van der Waals surface area contributed by atoms with Crippen molar-refractivity contribution in [3.05, 3.63) is 29.3 Å². The fourth-order valence-electron chi connectivity index (χ4n) is 5.80. The second kappa shape index (κ2) is 12.3. The highest BCUT2D eigenvalue weighted by atomic mass is 16.2. The lowest BCUT2D eigenvalue weighted by molar-refractivity contribution is -0.136. The molecule has 0 radical (unpaired) electrons. The molecule has 1 aromatic rings. The van der Waals surface area contributed by atoms with Crippen LogP contribution < -0.4 is 10.6 Å². The van der Waals surface area contributed by atoms with E-state index in [-0.39, 0.29) is 18.7 Å². The van der Waals surface area contributed by atoms with E-state index in [4.69, 9.17) is 0 Å². The normalized spacial score (nSPS) is 21.1. The fraction of sp³-hybridized carbons (Fsp3) is 0.643. The van der Waals surface area contributed by atoms with Gasteiger partial charge >= 0.3 is 0 Å². The number of piperidine rings is 1. The number of amides is 4. The van der Waals surface area contributed by atoms with Crippen molar-refractivity contribution < 1.29 is 19.2 Å². The molecule has 1 saturated heterocycles. The Bertz CT molecular complexity index is 936. The summed E-state index contributed by atoms with van der Waals surface area (Å²) in [5.41, 5.74) is 1.29. The number of anilines is 1. The second-order valence-corrected chi connectivity index (χ2v) is 10.4. The molecule has 0 aromatic heterocycles. The van der Waals surface area contributed by atoms with Crippen molar-refractivity contribution in [2.24, 2.45) is 5.92 Å². The van der Waals surface area contributed by atoms with Gasteiger partial charge in [-0.2, -0.15) is 0 Å². The molecule has 4 rings (SSSR count). The van der Waals surface area contributed by atoms with Crippen LogP contribution in [0.4, 0.5) is 5.69 Å². The number of carbonyl (C=O) groups is 4. The van der Waals surface area contributed by atoms with E-state index in [2.05, 4.69) is 10.6 Å². The number of nitrogens with zero attached hydrogens (tertiary/aromatic N) is 1. The summed E-state index contributed by atoms with van der Waals surface area (Å²) >= 11 is 0. The molecule has 4 amide bonds. The Labute approximate surface area is 208 Å². The van der Waals surface area contributed by atoms with Crippen LogP contribution in [0.1, 0.15) is 117 Å². The zero-order valence-electron chi connectivity index (χ0n) is 20.8. The number of hydrogen-bond donors (Lipinski definition) is 2. The Morgan fingerprint density at radius 1 is 0.829 bits per heavy atom. The first kappa shape index (κ1) is 25.4. The minimum absolute atomic E-state index is 0.121. The third-order valence-corrected chi connectivity index (χ3v) is 7.80. The average Bonchev–Trinajstić information content (AvgIpc) is 3.00. The van der Waals surface area contributed by atoms with Gasteiger partial charge in [-0.3, -0.25) is 29.4 Å². The Hall–Kier alpha value is -2.70. The van der Waals surface area contributed by atoms with Crippen LogP contribution in [0.5, 0.6) is 0 Å². The first-order chi connectivity index (χ1) is 17.1. The van der Waals surface area contributed by atoms with Gasteiger partial charge in [-0.05, 0) is 30.9 Å². The molecule has 3 aliphatic rings. The van der Waals surface area contributed by atoms with Crippen LogP contribution in [0.2, 0.25) is 0 Å². The zero-order valence-corrected chi connectivity index (χ0v) is 20.8. The maximum atomic E-state index is 13.1. The van der Waals surface area contributed by atoms with Crippen LogP contribution in [0, 0.1) is 5.92 Å². The number of imide groups is 2. The molecule has 1 saturated carbocycles. The van der Waals surface area contributed by atoms with Gasteiger partial charge in [0.15, 0.2) is 0 Å². The lowest BCUT2D eigenvalue weighted by atomic mass is 9.93. The standard InChI is InChI=1S/C28H39N3O4/c32-24-18-17-23(26(33)30-24)31-27(34)21-15-11-16-22(25(21)28(31)35)29-19-10-6-2-1-3-7-12-20-13-8-4-5-9-14-20/h11,15-16,20,23,29H,1-10,12-14,17-19H2,(H,30,32,33). The molecule has 2 aliphatic heterocycles. The highest BCUT2D eigenvalue weighted by Gasteiger charge is 2.45. The smallest absolute Gasteiger partial charge is 0.264 e. The minimum Gasteiger partial charge on any atom is -0.384 e. The summed E-state index contributed by atoms with van der Waals surface area (Å²) in [4.78, 5) is 50.8. The van der Waals surface area contributed by atoms with Crippen LogP contribution in [0.3, 0.4) is 0 Å². The lowest BCUT2D eigenvalue weighted by Gasteiger charge is -2.27. The molecular formula is C28H39N3O4. The monoisotopic (exact) mass is 481 g/mol. The molecule has 1 unspecified atom stereocenters. The summed E-state index contributed by atoms with van der Waals surface area (Å²) in [5, 5.41) is 5.57. The molecule has 7 heteroatoms. The molecule has 35 heavy (non-hydrogen) atoms. The Kier molecular flexibility index (Phi) is 8.94. The second-order valence-electron chi connectivity index (χ2n) is 10.4. The van der Waals surface area contributed by atoms with Crippen molar-refractivity contribution in [1.82, 2.24) is 10.2 Å². The number of benzene rings is 1. The van der Waals surface area contributed by atoms with Crippen molar-refractivity contribution in [2.45, 2.75) is 102 Å². The molecule has 2 fully saturated rings. The van der Waals surface area contributed by atoms with Crippen molar-refractivity contribution in [1.29, 1.82) is 0 Å². The highest BCUT2D eigenvalue weighted by molar-refractivity contribution is 6.25. The van der Waals surface area contributed by atoms with E-state index >= 15 is 0 Å². The molecule has 1 atom stereocenters. The number of hydrogen-bond acceptors (Lipinski definition) is 5.